The van der Waals surface area contributed by atoms with E-state index in [1.165, 1.54) is 5.69 Å². The van der Waals surface area contributed by atoms with Crippen molar-refractivity contribution in [1.82, 2.24) is 20.1 Å². The number of carbonyl (C=O) groups excluding carboxylic acids is 1. The Hall–Kier alpha value is -2.56. The van der Waals surface area contributed by atoms with Crippen LogP contribution in [-0.2, 0) is 24.8 Å². The summed E-state index contributed by atoms with van der Waals surface area (Å²) in [6, 6.07) is 11.9. The molecule has 2 N–H and O–H groups in total. The van der Waals surface area contributed by atoms with Crippen molar-refractivity contribution in [2.24, 2.45) is 7.05 Å². The molecule has 2 aromatic heterocycles. The predicted molar refractivity (Wildman–Crippen MR) is 81.8 cm³/mol. The molecular formula is C16H18N4O. The maximum absolute atomic E-state index is 12.1. The molecule has 1 amide bonds. The van der Waals surface area contributed by atoms with Gasteiger partial charge >= 0.3 is 0 Å². The largest absolute Gasteiger partial charge is 0.350 e. The number of nitrogens with zero attached hydrogens (tertiary/aromatic N) is 2. The Balaban J connectivity index is 1.65. The van der Waals surface area contributed by atoms with Crippen molar-refractivity contribution < 1.29 is 4.79 Å². The summed E-state index contributed by atoms with van der Waals surface area (Å²) in [5.74, 6) is -0.0109. The molecule has 5 nitrogen and oxygen atoms in total. The molecule has 0 aliphatic carbocycles. The lowest BCUT2D eigenvalue weighted by Crippen LogP contribution is -2.25. The van der Waals surface area contributed by atoms with Crippen molar-refractivity contribution in [3.05, 3.63) is 53.5 Å². The van der Waals surface area contributed by atoms with E-state index in [9.17, 15) is 4.79 Å². The Labute approximate surface area is 123 Å². The third-order valence-electron chi connectivity index (χ3n) is 3.82. The number of hydrogen-bond donors (Lipinski definition) is 2. The number of aryl methyl sites for hydroxylation is 1. The SMILES string of the molecule is Cc1ccc(CNC(=O)Cc2[nH]nc3ccccc23)n1C. The van der Waals surface area contributed by atoms with Crippen molar-refractivity contribution in [3.63, 3.8) is 0 Å². The van der Waals surface area contributed by atoms with E-state index in [0.29, 0.717) is 13.0 Å². The molecule has 2 heterocycles. The molecule has 0 saturated heterocycles. The van der Waals surface area contributed by atoms with Crippen LogP contribution < -0.4 is 5.32 Å². The summed E-state index contributed by atoms with van der Waals surface area (Å²) in [5, 5.41) is 11.1. The van der Waals surface area contributed by atoms with Gasteiger partial charge < -0.3 is 9.88 Å². The number of amides is 1. The quantitative estimate of drug-likeness (QED) is 0.769. The van der Waals surface area contributed by atoms with Crippen LogP contribution in [0.4, 0.5) is 0 Å². The van der Waals surface area contributed by atoms with Crippen LogP contribution in [0, 0.1) is 6.92 Å². The van der Waals surface area contributed by atoms with Crippen molar-refractivity contribution in [1.29, 1.82) is 0 Å². The molecule has 0 fully saturated rings. The lowest BCUT2D eigenvalue weighted by molar-refractivity contribution is -0.120. The van der Waals surface area contributed by atoms with E-state index >= 15 is 0 Å². The monoisotopic (exact) mass is 282 g/mol. The van der Waals surface area contributed by atoms with Gasteiger partial charge in [0.2, 0.25) is 5.91 Å². The molecule has 0 spiro atoms. The average Bonchev–Trinajstić information content (AvgIpc) is 3.03. The third kappa shape index (κ3) is 2.67. The summed E-state index contributed by atoms with van der Waals surface area (Å²) >= 11 is 0. The number of benzene rings is 1. The molecule has 0 aliphatic heterocycles. The van der Waals surface area contributed by atoms with E-state index in [1.807, 2.05) is 50.4 Å². The highest BCUT2D eigenvalue weighted by Crippen LogP contribution is 2.15. The van der Waals surface area contributed by atoms with Gasteiger partial charge in [-0.15, -0.1) is 0 Å². The molecule has 108 valence electrons. The second-order valence-electron chi connectivity index (χ2n) is 5.20. The zero-order chi connectivity index (χ0) is 14.8. The summed E-state index contributed by atoms with van der Waals surface area (Å²) in [6.45, 7) is 2.58. The maximum Gasteiger partial charge on any atom is 0.226 e. The Kier molecular flexibility index (Phi) is 3.48. The van der Waals surface area contributed by atoms with Crippen molar-refractivity contribution in [3.8, 4) is 0 Å². The zero-order valence-electron chi connectivity index (χ0n) is 12.2. The number of fused-ring (bicyclic) bond motifs is 1. The van der Waals surface area contributed by atoms with Gasteiger partial charge in [-0.05, 0) is 25.1 Å². The van der Waals surface area contributed by atoms with Gasteiger partial charge in [0.1, 0.15) is 0 Å². The highest BCUT2D eigenvalue weighted by atomic mass is 16.1. The van der Waals surface area contributed by atoms with Gasteiger partial charge in [-0.25, -0.2) is 0 Å². The van der Waals surface area contributed by atoms with Crippen LogP contribution >= 0.6 is 0 Å². The van der Waals surface area contributed by atoms with Gasteiger partial charge in [0.25, 0.3) is 0 Å². The fraction of sp³-hybridized carbons (Fsp3) is 0.250. The first kappa shape index (κ1) is 13.4. The van der Waals surface area contributed by atoms with Gasteiger partial charge in [0.05, 0.1) is 24.2 Å². The standard InChI is InChI=1S/C16H18N4O/c1-11-7-8-12(20(11)2)10-17-16(21)9-15-13-5-3-4-6-14(13)18-19-15/h3-8H,9-10H2,1-2H3,(H,17,21)(H,18,19). The van der Waals surface area contributed by atoms with Gasteiger partial charge in [-0.3, -0.25) is 9.89 Å². The lowest BCUT2D eigenvalue weighted by Gasteiger charge is -2.07. The number of hydrogen-bond acceptors (Lipinski definition) is 2. The first-order chi connectivity index (χ1) is 10.1. The maximum atomic E-state index is 12.1. The number of rotatable bonds is 4. The smallest absolute Gasteiger partial charge is 0.226 e. The molecule has 5 heteroatoms. The highest BCUT2D eigenvalue weighted by Gasteiger charge is 2.10. The number of para-hydroxylation sites is 1. The second-order valence-corrected chi connectivity index (χ2v) is 5.20. The van der Waals surface area contributed by atoms with Gasteiger partial charge in [-0.1, -0.05) is 18.2 Å². The van der Waals surface area contributed by atoms with Crippen LogP contribution in [0.2, 0.25) is 0 Å². The van der Waals surface area contributed by atoms with E-state index in [2.05, 4.69) is 20.1 Å². The summed E-state index contributed by atoms with van der Waals surface area (Å²) in [6.07, 6.45) is 0.309. The molecule has 1 aromatic carbocycles. The number of aromatic nitrogens is 3. The van der Waals surface area contributed by atoms with Gasteiger partial charge in [0, 0.05) is 23.8 Å². The number of H-pyrrole nitrogens is 1. The molecule has 3 rings (SSSR count). The van der Waals surface area contributed by atoms with Crippen molar-refractivity contribution in [2.75, 3.05) is 0 Å². The summed E-state index contributed by atoms with van der Waals surface area (Å²) in [5.41, 5.74) is 4.01. The van der Waals surface area contributed by atoms with Crippen LogP contribution in [0.25, 0.3) is 10.9 Å². The van der Waals surface area contributed by atoms with Crippen LogP contribution in [-0.4, -0.2) is 20.7 Å². The summed E-state index contributed by atoms with van der Waals surface area (Å²) in [4.78, 5) is 12.1. The first-order valence-corrected chi connectivity index (χ1v) is 6.95. The Morgan fingerprint density at radius 1 is 1.29 bits per heavy atom. The molecule has 0 aliphatic rings. The predicted octanol–water partition coefficient (Wildman–Crippen LogP) is 2.07. The second kappa shape index (κ2) is 5.44. The summed E-state index contributed by atoms with van der Waals surface area (Å²) in [7, 11) is 2.00. The average molecular weight is 282 g/mol. The van der Waals surface area contributed by atoms with E-state index < -0.39 is 0 Å². The summed E-state index contributed by atoms with van der Waals surface area (Å²) < 4.78 is 2.08. The van der Waals surface area contributed by atoms with Crippen molar-refractivity contribution >= 4 is 16.8 Å². The molecule has 0 unspecified atom stereocenters. The lowest BCUT2D eigenvalue weighted by atomic mass is 10.1. The number of carbonyl (C=O) groups is 1. The van der Waals surface area contributed by atoms with E-state index in [0.717, 1.165) is 22.3 Å². The van der Waals surface area contributed by atoms with E-state index in [1.54, 1.807) is 0 Å². The Bertz CT molecular complexity index is 785. The van der Waals surface area contributed by atoms with Gasteiger partial charge in [-0.2, -0.15) is 5.10 Å². The minimum atomic E-state index is -0.0109. The van der Waals surface area contributed by atoms with E-state index in [-0.39, 0.29) is 5.91 Å². The third-order valence-corrected chi connectivity index (χ3v) is 3.82. The topological polar surface area (TPSA) is 62.7 Å². The Morgan fingerprint density at radius 3 is 2.86 bits per heavy atom. The first-order valence-electron chi connectivity index (χ1n) is 6.95. The minimum Gasteiger partial charge on any atom is -0.350 e. The highest BCUT2D eigenvalue weighted by molar-refractivity contribution is 5.87. The van der Waals surface area contributed by atoms with E-state index in [4.69, 9.17) is 0 Å². The van der Waals surface area contributed by atoms with Crippen LogP contribution in [0.1, 0.15) is 17.1 Å². The number of nitrogens with one attached hydrogen (secondary N) is 2. The molecular weight excluding hydrogens is 264 g/mol. The molecule has 0 bridgehead atoms. The Morgan fingerprint density at radius 2 is 2.10 bits per heavy atom. The normalized spacial score (nSPS) is 11.0. The molecule has 0 atom stereocenters. The van der Waals surface area contributed by atoms with Crippen LogP contribution in [0.5, 0.6) is 0 Å². The molecule has 3 aromatic rings. The van der Waals surface area contributed by atoms with Crippen molar-refractivity contribution in [2.45, 2.75) is 19.9 Å². The minimum absolute atomic E-state index is 0.0109. The van der Waals surface area contributed by atoms with Gasteiger partial charge in [0.15, 0.2) is 0 Å². The van der Waals surface area contributed by atoms with Crippen LogP contribution in [0.3, 0.4) is 0 Å². The molecule has 21 heavy (non-hydrogen) atoms. The molecule has 0 saturated carbocycles. The molecule has 0 radical (unpaired) electrons. The number of aromatic amines is 1. The van der Waals surface area contributed by atoms with Crippen LogP contribution in [0.15, 0.2) is 36.4 Å². The zero-order valence-corrected chi connectivity index (χ0v) is 12.2. The fourth-order valence-electron chi connectivity index (χ4n) is 2.41. The fourth-order valence-corrected chi connectivity index (χ4v) is 2.41.